The molecule has 1 saturated heterocycles. The van der Waals surface area contributed by atoms with Crippen LogP contribution < -0.4 is 21.3 Å². The van der Waals surface area contributed by atoms with Crippen molar-refractivity contribution >= 4 is 29.1 Å². The molecule has 8 nitrogen and oxygen atoms in total. The minimum Gasteiger partial charge on any atom is -0.376 e. The molecule has 0 bridgehead atoms. The maximum Gasteiger partial charge on any atom is 0.251 e. The molecule has 4 N–H and O–H groups in total. The number of carbonyl (C=O) groups excluding carboxylic acids is 3. The van der Waals surface area contributed by atoms with Crippen LogP contribution in [0.5, 0.6) is 0 Å². The first-order chi connectivity index (χ1) is 15.4. The average Bonchev–Trinajstić information content (AvgIpc) is 3.30. The molecule has 2 aromatic carbocycles. The van der Waals surface area contributed by atoms with E-state index in [1.807, 2.05) is 13.8 Å². The fourth-order valence-electron chi connectivity index (χ4n) is 3.36. The Bertz CT molecular complexity index is 955. The van der Waals surface area contributed by atoms with Gasteiger partial charge in [0.25, 0.3) is 11.8 Å². The molecule has 1 unspecified atom stereocenters. The first-order valence-corrected chi connectivity index (χ1v) is 10.9. The third-order valence-electron chi connectivity index (χ3n) is 4.92. The molecule has 1 heterocycles. The van der Waals surface area contributed by atoms with Crippen LogP contribution in [0.25, 0.3) is 0 Å². The highest BCUT2D eigenvalue weighted by Crippen LogP contribution is 2.14. The maximum atomic E-state index is 12.4. The van der Waals surface area contributed by atoms with Gasteiger partial charge in [-0.25, -0.2) is 0 Å². The van der Waals surface area contributed by atoms with Crippen LogP contribution in [-0.2, 0) is 9.53 Å². The van der Waals surface area contributed by atoms with Gasteiger partial charge in [-0.3, -0.25) is 14.4 Å². The SMILES string of the molecule is CC(C)NC(=O)c1cccc(NC(=O)CNc2cccc(C(=O)NCC3CCCO3)c2)c1. The van der Waals surface area contributed by atoms with Crippen LogP contribution in [0.3, 0.4) is 0 Å². The Hall–Kier alpha value is -3.39. The largest absolute Gasteiger partial charge is 0.376 e. The zero-order valence-electron chi connectivity index (χ0n) is 18.4. The van der Waals surface area contributed by atoms with E-state index in [1.54, 1.807) is 48.5 Å². The highest BCUT2D eigenvalue weighted by atomic mass is 16.5. The van der Waals surface area contributed by atoms with E-state index in [4.69, 9.17) is 4.74 Å². The van der Waals surface area contributed by atoms with E-state index < -0.39 is 0 Å². The first kappa shape index (κ1) is 23.3. The van der Waals surface area contributed by atoms with Crippen LogP contribution in [0, 0.1) is 0 Å². The monoisotopic (exact) mass is 438 g/mol. The molecule has 0 spiro atoms. The number of carbonyl (C=O) groups is 3. The summed E-state index contributed by atoms with van der Waals surface area (Å²) in [6, 6.07) is 13.8. The van der Waals surface area contributed by atoms with Crippen LogP contribution >= 0.6 is 0 Å². The maximum absolute atomic E-state index is 12.4. The molecule has 3 rings (SSSR count). The normalized spacial score (nSPS) is 15.3. The van der Waals surface area contributed by atoms with Gasteiger partial charge in [0, 0.05) is 41.7 Å². The lowest BCUT2D eigenvalue weighted by atomic mass is 10.1. The topological polar surface area (TPSA) is 109 Å². The summed E-state index contributed by atoms with van der Waals surface area (Å²) in [7, 11) is 0. The summed E-state index contributed by atoms with van der Waals surface area (Å²) in [6.07, 6.45) is 2.07. The number of hydrogen-bond donors (Lipinski definition) is 4. The number of ether oxygens (including phenoxy) is 1. The highest BCUT2D eigenvalue weighted by molar-refractivity contribution is 5.98. The second-order valence-corrected chi connectivity index (χ2v) is 8.04. The predicted molar refractivity (Wildman–Crippen MR) is 124 cm³/mol. The minimum absolute atomic E-state index is 0.0173. The third kappa shape index (κ3) is 7.09. The smallest absolute Gasteiger partial charge is 0.251 e. The Kier molecular flexibility index (Phi) is 8.21. The summed E-state index contributed by atoms with van der Waals surface area (Å²) in [4.78, 5) is 36.9. The van der Waals surface area contributed by atoms with Crippen molar-refractivity contribution in [1.29, 1.82) is 0 Å². The molecular formula is C24H30N4O4. The van der Waals surface area contributed by atoms with E-state index in [0.29, 0.717) is 29.0 Å². The van der Waals surface area contributed by atoms with E-state index in [-0.39, 0.29) is 36.4 Å². The zero-order valence-corrected chi connectivity index (χ0v) is 18.4. The van der Waals surface area contributed by atoms with Crippen molar-refractivity contribution in [2.45, 2.75) is 38.8 Å². The van der Waals surface area contributed by atoms with E-state index >= 15 is 0 Å². The first-order valence-electron chi connectivity index (χ1n) is 10.9. The standard InChI is InChI=1S/C24H30N4O4/c1-16(2)27-24(31)18-7-4-9-20(13-18)28-22(29)15-25-19-8-3-6-17(12-19)23(30)26-14-21-10-5-11-32-21/h3-4,6-9,12-13,16,21,25H,5,10-11,14-15H2,1-2H3,(H,26,30)(H,27,31)(H,28,29). The Morgan fingerprint density at radius 2 is 1.69 bits per heavy atom. The number of rotatable bonds is 9. The Labute approximate surface area is 188 Å². The van der Waals surface area contributed by atoms with Crippen molar-refractivity contribution in [3.05, 3.63) is 59.7 Å². The molecule has 1 atom stereocenters. The Balaban J connectivity index is 1.50. The molecule has 1 aliphatic heterocycles. The fourth-order valence-corrected chi connectivity index (χ4v) is 3.36. The lowest BCUT2D eigenvalue weighted by molar-refractivity contribution is -0.114. The molecule has 2 aromatic rings. The summed E-state index contributed by atoms with van der Waals surface area (Å²) < 4.78 is 5.52. The summed E-state index contributed by atoms with van der Waals surface area (Å²) in [6.45, 7) is 5.03. The van der Waals surface area contributed by atoms with Crippen LogP contribution in [0.2, 0.25) is 0 Å². The van der Waals surface area contributed by atoms with Gasteiger partial charge in [0.15, 0.2) is 0 Å². The van der Waals surface area contributed by atoms with Gasteiger partial charge < -0.3 is 26.0 Å². The molecular weight excluding hydrogens is 408 g/mol. The molecule has 0 radical (unpaired) electrons. The summed E-state index contributed by atoms with van der Waals surface area (Å²) in [5.41, 5.74) is 2.19. The van der Waals surface area contributed by atoms with E-state index in [2.05, 4.69) is 21.3 Å². The van der Waals surface area contributed by atoms with E-state index in [9.17, 15) is 14.4 Å². The molecule has 0 aromatic heterocycles. The van der Waals surface area contributed by atoms with Crippen molar-refractivity contribution in [2.24, 2.45) is 0 Å². The van der Waals surface area contributed by atoms with Crippen molar-refractivity contribution in [1.82, 2.24) is 10.6 Å². The van der Waals surface area contributed by atoms with Gasteiger partial charge in [-0.2, -0.15) is 0 Å². The summed E-state index contributed by atoms with van der Waals surface area (Å²) in [5, 5.41) is 11.5. The lowest BCUT2D eigenvalue weighted by Crippen LogP contribution is -2.31. The van der Waals surface area contributed by atoms with Crippen molar-refractivity contribution in [2.75, 3.05) is 30.3 Å². The lowest BCUT2D eigenvalue weighted by Gasteiger charge is -2.12. The van der Waals surface area contributed by atoms with Gasteiger partial charge in [0.2, 0.25) is 5.91 Å². The molecule has 0 saturated carbocycles. The van der Waals surface area contributed by atoms with Gasteiger partial charge in [0.05, 0.1) is 12.6 Å². The predicted octanol–water partition coefficient (Wildman–Crippen LogP) is 2.78. The van der Waals surface area contributed by atoms with Gasteiger partial charge in [-0.1, -0.05) is 12.1 Å². The summed E-state index contributed by atoms with van der Waals surface area (Å²) >= 11 is 0. The van der Waals surface area contributed by atoms with Crippen LogP contribution in [0.4, 0.5) is 11.4 Å². The molecule has 0 aliphatic carbocycles. The van der Waals surface area contributed by atoms with Crippen molar-refractivity contribution < 1.29 is 19.1 Å². The quantitative estimate of drug-likeness (QED) is 0.481. The molecule has 170 valence electrons. The summed E-state index contributed by atoms with van der Waals surface area (Å²) in [5.74, 6) is -0.631. The zero-order chi connectivity index (χ0) is 22.9. The fraction of sp³-hybridized carbons (Fsp3) is 0.375. The van der Waals surface area contributed by atoms with Crippen molar-refractivity contribution in [3.8, 4) is 0 Å². The molecule has 32 heavy (non-hydrogen) atoms. The number of benzene rings is 2. The molecule has 1 fully saturated rings. The van der Waals surface area contributed by atoms with Crippen molar-refractivity contribution in [3.63, 3.8) is 0 Å². The third-order valence-corrected chi connectivity index (χ3v) is 4.92. The number of nitrogens with one attached hydrogen (secondary N) is 4. The second kappa shape index (κ2) is 11.3. The average molecular weight is 439 g/mol. The molecule has 3 amide bonds. The van der Waals surface area contributed by atoms with Gasteiger partial charge in [-0.15, -0.1) is 0 Å². The van der Waals surface area contributed by atoms with E-state index in [1.165, 1.54) is 0 Å². The second-order valence-electron chi connectivity index (χ2n) is 8.04. The Morgan fingerprint density at radius 1 is 1.00 bits per heavy atom. The van der Waals surface area contributed by atoms with Gasteiger partial charge in [0.1, 0.15) is 0 Å². The Morgan fingerprint density at radius 3 is 2.38 bits per heavy atom. The van der Waals surface area contributed by atoms with E-state index in [0.717, 1.165) is 19.4 Å². The highest BCUT2D eigenvalue weighted by Gasteiger charge is 2.17. The van der Waals surface area contributed by atoms with Gasteiger partial charge in [-0.05, 0) is 63.1 Å². The van der Waals surface area contributed by atoms with Crippen LogP contribution in [0.15, 0.2) is 48.5 Å². The number of anilines is 2. The van der Waals surface area contributed by atoms with Crippen LogP contribution in [-0.4, -0.2) is 49.6 Å². The number of hydrogen-bond acceptors (Lipinski definition) is 5. The number of amides is 3. The minimum atomic E-state index is -0.264. The van der Waals surface area contributed by atoms with Gasteiger partial charge >= 0.3 is 0 Å². The van der Waals surface area contributed by atoms with Crippen LogP contribution in [0.1, 0.15) is 47.4 Å². The molecule has 8 heteroatoms. The molecule has 1 aliphatic rings.